The van der Waals surface area contributed by atoms with E-state index in [2.05, 4.69) is 6.92 Å². The first-order valence-corrected chi connectivity index (χ1v) is 7.40. The summed E-state index contributed by atoms with van der Waals surface area (Å²) in [4.78, 5) is 0. The second-order valence-corrected chi connectivity index (χ2v) is 5.94. The Morgan fingerprint density at radius 3 is 2.13 bits per heavy atom. The minimum atomic E-state index is 1.08. The van der Waals surface area contributed by atoms with Crippen molar-refractivity contribution < 1.29 is 0 Å². The predicted octanol–water partition coefficient (Wildman–Crippen LogP) is 5.17. The van der Waals surface area contributed by atoms with Crippen molar-refractivity contribution in [1.82, 2.24) is 0 Å². The Bertz CT molecular complexity index is 161. The van der Waals surface area contributed by atoms with E-state index in [1.54, 1.807) is 38.5 Å². The molecule has 15 heavy (non-hydrogen) atoms. The van der Waals surface area contributed by atoms with Gasteiger partial charge < -0.3 is 0 Å². The smallest absolute Gasteiger partial charge is 0.0386 e. The van der Waals surface area contributed by atoms with Crippen LogP contribution in [0.4, 0.5) is 0 Å². The Labute approximate surface area is 95.8 Å². The monoisotopic (exact) mass is 208 g/mol. The molecule has 0 aromatic rings. The Hall–Kier alpha value is 0. The van der Waals surface area contributed by atoms with Crippen LogP contribution >= 0.6 is 0 Å². The molecule has 0 N–H and O–H groups in total. The lowest BCUT2D eigenvalue weighted by Crippen LogP contribution is -2.12. The van der Waals surface area contributed by atoms with Gasteiger partial charge in [-0.05, 0) is 24.2 Å². The van der Waals surface area contributed by atoms with Crippen molar-refractivity contribution in [3.63, 3.8) is 0 Å². The maximum Gasteiger partial charge on any atom is -0.0386 e. The average Bonchev–Trinajstić information content (AvgIpc) is 2.90. The van der Waals surface area contributed by atoms with Crippen LogP contribution in [0.2, 0.25) is 0 Å². The van der Waals surface area contributed by atoms with E-state index in [1.165, 1.54) is 32.1 Å². The molecule has 0 radical (unpaired) electrons. The van der Waals surface area contributed by atoms with Crippen LogP contribution in [0.3, 0.4) is 0 Å². The third-order valence-corrected chi connectivity index (χ3v) is 5.01. The van der Waals surface area contributed by atoms with Gasteiger partial charge in [0.05, 0.1) is 0 Å². The lowest BCUT2D eigenvalue weighted by atomic mass is 9.83. The molecule has 0 heteroatoms. The SMILES string of the molecule is CCC(CCC1CCCC1)C1CCCC1. The van der Waals surface area contributed by atoms with E-state index >= 15 is 0 Å². The number of hydrogen-bond donors (Lipinski definition) is 0. The van der Waals surface area contributed by atoms with Crippen molar-refractivity contribution in [2.45, 2.75) is 77.6 Å². The zero-order valence-electron chi connectivity index (χ0n) is 10.5. The van der Waals surface area contributed by atoms with Crippen molar-refractivity contribution >= 4 is 0 Å². The first-order valence-electron chi connectivity index (χ1n) is 7.40. The van der Waals surface area contributed by atoms with Crippen molar-refractivity contribution in [3.05, 3.63) is 0 Å². The molecular formula is C15H28. The fourth-order valence-corrected chi connectivity index (χ4v) is 3.95. The second kappa shape index (κ2) is 5.92. The highest BCUT2D eigenvalue weighted by Gasteiger charge is 2.24. The summed E-state index contributed by atoms with van der Waals surface area (Å²) in [5.41, 5.74) is 0. The highest BCUT2D eigenvalue weighted by atomic mass is 14.3. The second-order valence-electron chi connectivity index (χ2n) is 5.94. The van der Waals surface area contributed by atoms with E-state index in [4.69, 9.17) is 0 Å². The van der Waals surface area contributed by atoms with Gasteiger partial charge in [-0.1, -0.05) is 71.1 Å². The summed E-state index contributed by atoms with van der Waals surface area (Å²) in [6.45, 7) is 2.41. The van der Waals surface area contributed by atoms with Gasteiger partial charge in [0.25, 0.3) is 0 Å². The Balaban J connectivity index is 1.69. The molecule has 88 valence electrons. The lowest BCUT2D eigenvalue weighted by Gasteiger charge is -2.23. The van der Waals surface area contributed by atoms with Crippen LogP contribution in [0.15, 0.2) is 0 Å². The fourth-order valence-electron chi connectivity index (χ4n) is 3.95. The summed E-state index contributed by atoms with van der Waals surface area (Å²) in [6, 6.07) is 0. The highest BCUT2D eigenvalue weighted by molar-refractivity contribution is 4.76. The summed E-state index contributed by atoms with van der Waals surface area (Å²) in [5.74, 6) is 3.30. The van der Waals surface area contributed by atoms with Crippen LogP contribution in [-0.2, 0) is 0 Å². The van der Waals surface area contributed by atoms with E-state index in [-0.39, 0.29) is 0 Å². The Kier molecular flexibility index (Phi) is 4.53. The van der Waals surface area contributed by atoms with Crippen LogP contribution in [0, 0.1) is 17.8 Å². The highest BCUT2D eigenvalue weighted by Crippen LogP contribution is 2.38. The molecular weight excluding hydrogens is 180 g/mol. The third-order valence-electron chi connectivity index (χ3n) is 5.01. The van der Waals surface area contributed by atoms with Crippen molar-refractivity contribution in [3.8, 4) is 0 Å². The van der Waals surface area contributed by atoms with Gasteiger partial charge in [-0.25, -0.2) is 0 Å². The van der Waals surface area contributed by atoms with Crippen molar-refractivity contribution in [1.29, 1.82) is 0 Å². The van der Waals surface area contributed by atoms with Crippen LogP contribution in [0.25, 0.3) is 0 Å². The van der Waals surface area contributed by atoms with E-state index in [9.17, 15) is 0 Å². The van der Waals surface area contributed by atoms with Crippen LogP contribution in [-0.4, -0.2) is 0 Å². The molecule has 2 fully saturated rings. The van der Waals surface area contributed by atoms with Gasteiger partial charge >= 0.3 is 0 Å². The largest absolute Gasteiger partial charge is 0.0651 e. The standard InChI is InChI=1S/C15H28/c1-2-14(15-9-5-6-10-15)12-11-13-7-3-4-8-13/h13-15H,2-12H2,1H3. The van der Waals surface area contributed by atoms with E-state index in [0.29, 0.717) is 0 Å². The molecule has 0 saturated heterocycles. The van der Waals surface area contributed by atoms with Gasteiger partial charge in [-0.15, -0.1) is 0 Å². The topological polar surface area (TPSA) is 0 Å². The average molecular weight is 208 g/mol. The summed E-state index contributed by atoms with van der Waals surface area (Å²) in [5, 5.41) is 0. The predicted molar refractivity (Wildman–Crippen MR) is 66.9 cm³/mol. The summed E-state index contributed by atoms with van der Waals surface area (Å²) < 4.78 is 0. The van der Waals surface area contributed by atoms with Crippen LogP contribution in [0.5, 0.6) is 0 Å². The molecule has 2 aliphatic carbocycles. The van der Waals surface area contributed by atoms with Gasteiger partial charge in [0, 0.05) is 0 Å². The molecule has 0 amide bonds. The summed E-state index contributed by atoms with van der Waals surface area (Å²) in [6.07, 6.45) is 16.8. The normalized spacial score (nSPS) is 26.2. The maximum absolute atomic E-state index is 2.41. The molecule has 1 unspecified atom stereocenters. The molecule has 0 bridgehead atoms. The van der Waals surface area contributed by atoms with Crippen molar-refractivity contribution in [2.24, 2.45) is 17.8 Å². The molecule has 0 heterocycles. The lowest BCUT2D eigenvalue weighted by molar-refractivity contribution is 0.282. The number of hydrogen-bond acceptors (Lipinski definition) is 0. The van der Waals surface area contributed by atoms with Gasteiger partial charge in [-0.3, -0.25) is 0 Å². The number of rotatable bonds is 5. The zero-order valence-corrected chi connectivity index (χ0v) is 10.5. The van der Waals surface area contributed by atoms with Crippen LogP contribution < -0.4 is 0 Å². The van der Waals surface area contributed by atoms with E-state index < -0.39 is 0 Å². The quantitative estimate of drug-likeness (QED) is 0.584. The molecule has 2 saturated carbocycles. The first-order chi connectivity index (χ1) is 7.40. The zero-order chi connectivity index (χ0) is 10.5. The van der Waals surface area contributed by atoms with Gasteiger partial charge in [0.1, 0.15) is 0 Å². The summed E-state index contributed by atoms with van der Waals surface area (Å²) in [7, 11) is 0. The fraction of sp³-hybridized carbons (Fsp3) is 1.00. The maximum atomic E-state index is 2.41. The van der Waals surface area contributed by atoms with Gasteiger partial charge in [0.2, 0.25) is 0 Å². The molecule has 0 aliphatic heterocycles. The minimum Gasteiger partial charge on any atom is -0.0651 e. The molecule has 0 aromatic heterocycles. The van der Waals surface area contributed by atoms with Gasteiger partial charge in [-0.2, -0.15) is 0 Å². The van der Waals surface area contributed by atoms with Crippen molar-refractivity contribution in [2.75, 3.05) is 0 Å². The Morgan fingerprint density at radius 1 is 0.933 bits per heavy atom. The van der Waals surface area contributed by atoms with E-state index in [0.717, 1.165) is 17.8 Å². The third kappa shape index (κ3) is 3.23. The minimum absolute atomic E-state index is 1.08. The summed E-state index contributed by atoms with van der Waals surface area (Å²) >= 11 is 0. The molecule has 2 rings (SSSR count). The van der Waals surface area contributed by atoms with E-state index in [1.807, 2.05) is 0 Å². The molecule has 1 atom stereocenters. The molecule has 0 spiro atoms. The molecule has 0 nitrogen and oxygen atoms in total. The molecule has 2 aliphatic rings. The first kappa shape index (κ1) is 11.5. The van der Waals surface area contributed by atoms with Gasteiger partial charge in [0.15, 0.2) is 0 Å². The molecule has 0 aromatic carbocycles. The Morgan fingerprint density at radius 2 is 1.53 bits per heavy atom. The van der Waals surface area contributed by atoms with Crippen LogP contribution in [0.1, 0.15) is 77.6 Å².